The van der Waals surface area contributed by atoms with Crippen LogP contribution >= 0.6 is 23.2 Å². The number of hydrogen-bond acceptors (Lipinski definition) is 4. The van der Waals surface area contributed by atoms with Crippen molar-refractivity contribution in [2.75, 3.05) is 10.6 Å². The van der Waals surface area contributed by atoms with Crippen LogP contribution in [0.25, 0.3) is 0 Å². The van der Waals surface area contributed by atoms with E-state index in [4.69, 9.17) is 23.2 Å². The highest BCUT2D eigenvalue weighted by Gasteiger charge is 2.19. The van der Waals surface area contributed by atoms with Crippen LogP contribution in [0.15, 0.2) is 24.5 Å². The highest BCUT2D eigenvalue weighted by atomic mass is 35.5. The molecule has 0 fully saturated rings. The van der Waals surface area contributed by atoms with Gasteiger partial charge in [-0.25, -0.2) is 9.97 Å². The Morgan fingerprint density at radius 1 is 1.29 bits per heavy atom. The SMILES string of the molecule is O=C1Cc2ccc(C(=O)Nc3ncnc(Cl)c3Cl)cc2N1. The quantitative estimate of drug-likeness (QED) is 0.832. The fraction of sp³-hybridized carbons (Fsp3) is 0.0769. The summed E-state index contributed by atoms with van der Waals surface area (Å²) in [6.07, 6.45) is 1.53. The summed E-state index contributed by atoms with van der Waals surface area (Å²) in [7, 11) is 0. The second-order valence-electron chi connectivity index (χ2n) is 4.38. The predicted octanol–water partition coefficient (Wildman–Crippen LogP) is 2.53. The van der Waals surface area contributed by atoms with Gasteiger partial charge >= 0.3 is 0 Å². The van der Waals surface area contributed by atoms with Gasteiger partial charge in [-0.1, -0.05) is 29.3 Å². The molecule has 0 unspecified atom stereocenters. The third-order valence-corrected chi connectivity index (χ3v) is 3.72. The number of hydrogen-bond donors (Lipinski definition) is 2. The molecule has 0 spiro atoms. The number of halogens is 2. The summed E-state index contributed by atoms with van der Waals surface area (Å²) in [5, 5.41) is 5.37. The van der Waals surface area contributed by atoms with Gasteiger partial charge in [0, 0.05) is 11.3 Å². The number of carbonyl (C=O) groups is 2. The van der Waals surface area contributed by atoms with Crippen molar-refractivity contribution in [2.24, 2.45) is 0 Å². The zero-order chi connectivity index (χ0) is 15.0. The van der Waals surface area contributed by atoms with Crippen LogP contribution in [0.3, 0.4) is 0 Å². The lowest BCUT2D eigenvalue weighted by molar-refractivity contribution is -0.115. The van der Waals surface area contributed by atoms with Crippen LogP contribution in [0.4, 0.5) is 11.5 Å². The van der Waals surface area contributed by atoms with Crippen molar-refractivity contribution in [1.29, 1.82) is 0 Å². The van der Waals surface area contributed by atoms with Crippen molar-refractivity contribution >= 4 is 46.5 Å². The molecule has 1 aromatic carbocycles. The van der Waals surface area contributed by atoms with Gasteiger partial charge in [-0.05, 0) is 17.7 Å². The van der Waals surface area contributed by atoms with Crippen molar-refractivity contribution in [3.05, 3.63) is 45.8 Å². The number of anilines is 2. The molecule has 2 N–H and O–H groups in total. The van der Waals surface area contributed by atoms with Crippen LogP contribution < -0.4 is 10.6 Å². The summed E-state index contributed by atoms with van der Waals surface area (Å²) in [6.45, 7) is 0. The van der Waals surface area contributed by atoms with Gasteiger partial charge in [0.25, 0.3) is 5.91 Å². The predicted molar refractivity (Wildman–Crippen MR) is 78.8 cm³/mol. The van der Waals surface area contributed by atoms with E-state index in [9.17, 15) is 9.59 Å². The van der Waals surface area contributed by atoms with Crippen LogP contribution in [-0.2, 0) is 11.2 Å². The number of carbonyl (C=O) groups excluding carboxylic acids is 2. The first-order valence-electron chi connectivity index (χ1n) is 5.94. The third kappa shape index (κ3) is 2.68. The van der Waals surface area contributed by atoms with Crippen molar-refractivity contribution < 1.29 is 9.59 Å². The number of fused-ring (bicyclic) bond motifs is 1. The Morgan fingerprint density at radius 2 is 2.10 bits per heavy atom. The molecule has 0 atom stereocenters. The van der Waals surface area contributed by atoms with Gasteiger partial charge in [0.05, 0.1) is 6.42 Å². The molecule has 0 radical (unpaired) electrons. The second-order valence-corrected chi connectivity index (χ2v) is 5.11. The van der Waals surface area contributed by atoms with Crippen LogP contribution in [0.1, 0.15) is 15.9 Å². The molecule has 21 heavy (non-hydrogen) atoms. The molecule has 2 heterocycles. The largest absolute Gasteiger partial charge is 0.326 e. The van der Waals surface area contributed by atoms with Gasteiger partial charge in [0.1, 0.15) is 11.3 Å². The maximum absolute atomic E-state index is 12.2. The van der Waals surface area contributed by atoms with Crippen LogP contribution in [0.5, 0.6) is 0 Å². The van der Waals surface area contributed by atoms with E-state index in [1.807, 2.05) is 0 Å². The lowest BCUT2D eigenvalue weighted by Gasteiger charge is -2.07. The van der Waals surface area contributed by atoms with Crippen LogP contribution in [0, 0.1) is 0 Å². The number of amides is 2. The molecule has 1 aromatic heterocycles. The number of nitrogens with zero attached hydrogens (tertiary/aromatic N) is 2. The molecule has 1 aliphatic rings. The van der Waals surface area contributed by atoms with Gasteiger partial charge < -0.3 is 10.6 Å². The zero-order valence-electron chi connectivity index (χ0n) is 10.5. The van der Waals surface area contributed by atoms with E-state index in [1.165, 1.54) is 6.33 Å². The fourth-order valence-electron chi connectivity index (χ4n) is 1.97. The number of benzene rings is 1. The zero-order valence-corrected chi connectivity index (χ0v) is 12.0. The summed E-state index contributed by atoms with van der Waals surface area (Å²) in [6, 6.07) is 4.97. The Balaban J connectivity index is 1.85. The van der Waals surface area contributed by atoms with E-state index in [2.05, 4.69) is 20.6 Å². The highest BCUT2D eigenvalue weighted by Crippen LogP contribution is 2.27. The van der Waals surface area contributed by atoms with Crippen molar-refractivity contribution in [1.82, 2.24) is 9.97 Å². The lowest BCUT2D eigenvalue weighted by Crippen LogP contribution is -2.14. The first-order chi connectivity index (χ1) is 10.0. The van der Waals surface area contributed by atoms with E-state index >= 15 is 0 Å². The molecule has 6 nitrogen and oxygen atoms in total. The van der Waals surface area contributed by atoms with Crippen molar-refractivity contribution in [3.8, 4) is 0 Å². The third-order valence-electron chi connectivity index (χ3n) is 2.98. The minimum atomic E-state index is -0.407. The molecule has 1 aliphatic heterocycles. The average molecular weight is 323 g/mol. The maximum atomic E-state index is 12.2. The summed E-state index contributed by atoms with van der Waals surface area (Å²) in [5.74, 6) is -0.366. The Labute approximate surface area is 129 Å². The summed E-state index contributed by atoms with van der Waals surface area (Å²) < 4.78 is 0. The standard InChI is InChI=1S/C13H8Cl2N4O2/c14-10-11(15)16-5-17-12(10)19-13(21)7-2-1-6-4-9(20)18-8(6)3-7/h1-3,5H,4H2,(H,18,20)(H,16,17,19,21). The molecule has 3 rings (SSSR count). The molecular formula is C13H8Cl2N4O2. The molecule has 0 saturated heterocycles. The monoisotopic (exact) mass is 322 g/mol. The number of nitrogens with one attached hydrogen (secondary N) is 2. The fourth-order valence-corrected chi connectivity index (χ4v) is 2.25. The van der Waals surface area contributed by atoms with Gasteiger partial charge in [0.2, 0.25) is 5.91 Å². The molecule has 0 saturated carbocycles. The molecule has 0 aliphatic carbocycles. The molecular weight excluding hydrogens is 315 g/mol. The van der Waals surface area contributed by atoms with Crippen molar-refractivity contribution in [3.63, 3.8) is 0 Å². The molecule has 8 heteroatoms. The highest BCUT2D eigenvalue weighted by molar-refractivity contribution is 6.43. The van der Waals surface area contributed by atoms with E-state index in [-0.39, 0.29) is 21.9 Å². The summed E-state index contributed by atoms with van der Waals surface area (Å²) in [4.78, 5) is 31.0. The van der Waals surface area contributed by atoms with Crippen LogP contribution in [-0.4, -0.2) is 21.8 Å². The Morgan fingerprint density at radius 3 is 2.90 bits per heavy atom. The number of aromatic nitrogens is 2. The Hall–Kier alpha value is -2.18. The van der Waals surface area contributed by atoms with E-state index in [0.717, 1.165) is 5.56 Å². The second kappa shape index (κ2) is 5.31. The summed E-state index contributed by atoms with van der Waals surface area (Å²) in [5.41, 5.74) is 1.88. The Bertz CT molecular complexity index is 764. The molecule has 0 bridgehead atoms. The van der Waals surface area contributed by atoms with E-state index in [1.54, 1.807) is 18.2 Å². The minimum Gasteiger partial charge on any atom is -0.326 e. The first-order valence-corrected chi connectivity index (χ1v) is 6.70. The normalized spacial score (nSPS) is 12.8. The maximum Gasteiger partial charge on any atom is 0.256 e. The van der Waals surface area contributed by atoms with Gasteiger partial charge in [-0.2, -0.15) is 0 Å². The van der Waals surface area contributed by atoms with Gasteiger partial charge in [-0.3, -0.25) is 9.59 Å². The van der Waals surface area contributed by atoms with E-state index < -0.39 is 5.91 Å². The topological polar surface area (TPSA) is 84.0 Å². The molecule has 2 amide bonds. The minimum absolute atomic E-state index is 0.0585. The van der Waals surface area contributed by atoms with E-state index in [0.29, 0.717) is 17.7 Å². The first kappa shape index (κ1) is 13.8. The van der Waals surface area contributed by atoms with Crippen LogP contribution in [0.2, 0.25) is 10.2 Å². The number of rotatable bonds is 2. The lowest BCUT2D eigenvalue weighted by atomic mass is 10.1. The molecule has 106 valence electrons. The summed E-state index contributed by atoms with van der Waals surface area (Å²) >= 11 is 11.7. The molecule has 2 aromatic rings. The average Bonchev–Trinajstić information content (AvgIpc) is 2.82. The van der Waals surface area contributed by atoms with Crippen molar-refractivity contribution in [2.45, 2.75) is 6.42 Å². The van der Waals surface area contributed by atoms with Gasteiger partial charge in [-0.15, -0.1) is 0 Å². The Kier molecular flexibility index (Phi) is 3.48. The smallest absolute Gasteiger partial charge is 0.256 e. The van der Waals surface area contributed by atoms with Gasteiger partial charge in [0.15, 0.2) is 11.0 Å².